The standard InChI is InChI=1S/C18H20N4OS/c1-24-18-20-17-19-15-11-7-3-6-10-14(15)16(23)22(17)21(18)12-13-8-4-2-5-9-13/h2,4-5,8-9H,3,6-7,10-12H2,1H3. The Kier molecular flexibility index (Phi) is 4.14. The van der Waals surface area contributed by atoms with Gasteiger partial charge in [-0.25, -0.2) is 9.67 Å². The summed E-state index contributed by atoms with van der Waals surface area (Å²) in [7, 11) is 0. The van der Waals surface area contributed by atoms with Crippen LogP contribution in [0.2, 0.25) is 0 Å². The van der Waals surface area contributed by atoms with Gasteiger partial charge in [-0.2, -0.15) is 9.50 Å². The molecular weight excluding hydrogens is 320 g/mol. The molecule has 0 unspecified atom stereocenters. The van der Waals surface area contributed by atoms with Crippen LogP contribution in [0.15, 0.2) is 40.3 Å². The minimum Gasteiger partial charge on any atom is -0.267 e. The maximum atomic E-state index is 13.1. The average molecular weight is 340 g/mol. The second kappa shape index (κ2) is 6.43. The third-order valence-electron chi connectivity index (χ3n) is 4.58. The van der Waals surface area contributed by atoms with Crippen molar-refractivity contribution in [2.45, 2.75) is 43.8 Å². The molecule has 0 fully saturated rings. The van der Waals surface area contributed by atoms with Crippen LogP contribution in [0.4, 0.5) is 0 Å². The van der Waals surface area contributed by atoms with Crippen LogP contribution in [0.1, 0.15) is 36.1 Å². The van der Waals surface area contributed by atoms with Gasteiger partial charge in [-0.05, 0) is 37.5 Å². The molecule has 4 rings (SSSR count). The summed E-state index contributed by atoms with van der Waals surface area (Å²) in [4.78, 5) is 22.4. The molecule has 0 N–H and O–H groups in total. The predicted molar refractivity (Wildman–Crippen MR) is 95.8 cm³/mol. The lowest BCUT2D eigenvalue weighted by Crippen LogP contribution is -2.27. The maximum absolute atomic E-state index is 13.1. The lowest BCUT2D eigenvalue weighted by Gasteiger charge is -2.10. The van der Waals surface area contributed by atoms with E-state index in [4.69, 9.17) is 4.98 Å². The molecule has 0 aliphatic heterocycles. The summed E-state index contributed by atoms with van der Waals surface area (Å²) >= 11 is 1.55. The molecule has 124 valence electrons. The quantitative estimate of drug-likeness (QED) is 0.543. The monoisotopic (exact) mass is 340 g/mol. The minimum atomic E-state index is 0.0561. The zero-order valence-electron chi connectivity index (χ0n) is 13.7. The first-order valence-corrected chi connectivity index (χ1v) is 9.59. The van der Waals surface area contributed by atoms with E-state index in [-0.39, 0.29) is 5.56 Å². The van der Waals surface area contributed by atoms with Gasteiger partial charge in [-0.3, -0.25) is 4.79 Å². The van der Waals surface area contributed by atoms with Crippen LogP contribution in [0, 0.1) is 0 Å². The van der Waals surface area contributed by atoms with Crippen molar-refractivity contribution in [1.29, 1.82) is 0 Å². The van der Waals surface area contributed by atoms with E-state index in [2.05, 4.69) is 17.1 Å². The summed E-state index contributed by atoms with van der Waals surface area (Å²) in [6.45, 7) is 0.619. The van der Waals surface area contributed by atoms with Gasteiger partial charge in [0.25, 0.3) is 11.3 Å². The zero-order chi connectivity index (χ0) is 16.5. The van der Waals surface area contributed by atoms with E-state index in [9.17, 15) is 4.79 Å². The SMILES string of the molecule is CSc1nc2nc3c(c(=O)n2n1Cc1ccccc1)CCCCC3. The Balaban J connectivity index is 1.92. The van der Waals surface area contributed by atoms with Gasteiger partial charge in [-0.15, -0.1) is 0 Å². The molecule has 1 aliphatic rings. The highest BCUT2D eigenvalue weighted by atomic mass is 32.2. The molecule has 0 saturated carbocycles. The van der Waals surface area contributed by atoms with Crippen LogP contribution in [-0.2, 0) is 19.4 Å². The normalized spacial score (nSPS) is 14.5. The first-order valence-electron chi connectivity index (χ1n) is 8.37. The number of aromatic nitrogens is 4. The van der Waals surface area contributed by atoms with Crippen LogP contribution in [0.5, 0.6) is 0 Å². The number of benzene rings is 1. The second-order valence-electron chi connectivity index (χ2n) is 6.16. The molecule has 0 bridgehead atoms. The molecule has 2 heterocycles. The summed E-state index contributed by atoms with van der Waals surface area (Å²) in [5.74, 6) is 0.529. The number of thioether (sulfide) groups is 1. The topological polar surface area (TPSA) is 52.2 Å². The van der Waals surface area contributed by atoms with Crippen LogP contribution in [0.25, 0.3) is 5.78 Å². The van der Waals surface area contributed by atoms with E-state index in [1.165, 1.54) is 0 Å². The summed E-state index contributed by atoms with van der Waals surface area (Å²) < 4.78 is 3.62. The maximum Gasteiger partial charge on any atom is 0.277 e. The van der Waals surface area contributed by atoms with Crippen molar-refractivity contribution >= 4 is 17.5 Å². The lowest BCUT2D eigenvalue weighted by atomic mass is 10.1. The summed E-state index contributed by atoms with van der Waals surface area (Å²) in [6.07, 6.45) is 7.04. The molecule has 1 aromatic carbocycles. The molecule has 0 spiro atoms. The third-order valence-corrected chi connectivity index (χ3v) is 5.25. The molecule has 0 amide bonds. The fraction of sp³-hybridized carbons (Fsp3) is 0.389. The second-order valence-corrected chi connectivity index (χ2v) is 6.93. The minimum absolute atomic E-state index is 0.0561. The van der Waals surface area contributed by atoms with E-state index in [0.29, 0.717) is 12.3 Å². The largest absolute Gasteiger partial charge is 0.277 e. The highest BCUT2D eigenvalue weighted by Crippen LogP contribution is 2.20. The van der Waals surface area contributed by atoms with Gasteiger partial charge in [0.1, 0.15) is 0 Å². The van der Waals surface area contributed by atoms with Crippen LogP contribution >= 0.6 is 11.8 Å². The fourth-order valence-corrected chi connectivity index (χ4v) is 3.90. The number of rotatable bonds is 3. The van der Waals surface area contributed by atoms with Crippen molar-refractivity contribution in [3.8, 4) is 0 Å². The Morgan fingerprint density at radius 3 is 2.67 bits per heavy atom. The van der Waals surface area contributed by atoms with Crippen molar-refractivity contribution in [2.24, 2.45) is 0 Å². The van der Waals surface area contributed by atoms with E-state index < -0.39 is 0 Å². The number of nitrogens with zero attached hydrogens (tertiary/aromatic N) is 4. The lowest BCUT2D eigenvalue weighted by molar-refractivity contribution is 0.561. The third kappa shape index (κ3) is 2.65. The molecule has 0 radical (unpaired) electrons. The van der Waals surface area contributed by atoms with Crippen LogP contribution in [-0.4, -0.2) is 25.4 Å². The van der Waals surface area contributed by atoms with Gasteiger partial charge in [0, 0.05) is 5.56 Å². The molecule has 1 aliphatic carbocycles. The van der Waals surface area contributed by atoms with Crippen LogP contribution in [0.3, 0.4) is 0 Å². The predicted octanol–water partition coefficient (Wildman–Crippen LogP) is 2.93. The van der Waals surface area contributed by atoms with Gasteiger partial charge >= 0.3 is 0 Å². The highest BCUT2D eigenvalue weighted by Gasteiger charge is 2.20. The Hall–Kier alpha value is -2.08. The molecule has 3 aromatic rings. The van der Waals surface area contributed by atoms with Gasteiger partial charge in [0.15, 0.2) is 5.16 Å². The van der Waals surface area contributed by atoms with Crippen molar-refractivity contribution < 1.29 is 0 Å². The highest BCUT2D eigenvalue weighted by molar-refractivity contribution is 7.98. The van der Waals surface area contributed by atoms with Crippen LogP contribution < -0.4 is 5.56 Å². The Morgan fingerprint density at radius 2 is 1.88 bits per heavy atom. The zero-order valence-corrected chi connectivity index (χ0v) is 14.6. The van der Waals surface area contributed by atoms with Crippen molar-refractivity contribution in [3.63, 3.8) is 0 Å². The number of aryl methyl sites for hydroxylation is 1. The summed E-state index contributed by atoms with van der Waals surface area (Å²) in [5.41, 5.74) is 3.04. The Morgan fingerprint density at radius 1 is 1.08 bits per heavy atom. The van der Waals surface area contributed by atoms with Crippen molar-refractivity contribution in [2.75, 3.05) is 6.26 Å². The van der Waals surface area contributed by atoms with Gasteiger partial charge in [-0.1, -0.05) is 48.5 Å². The number of hydrogen-bond donors (Lipinski definition) is 0. The number of fused-ring (bicyclic) bond motifs is 2. The first kappa shape index (κ1) is 15.4. The molecule has 2 aromatic heterocycles. The van der Waals surface area contributed by atoms with Gasteiger partial charge < -0.3 is 0 Å². The average Bonchev–Trinajstić information content (AvgIpc) is 2.78. The van der Waals surface area contributed by atoms with E-state index in [1.807, 2.05) is 29.1 Å². The summed E-state index contributed by atoms with van der Waals surface area (Å²) in [5, 5.41) is 0.823. The smallest absolute Gasteiger partial charge is 0.267 e. The number of hydrogen-bond acceptors (Lipinski definition) is 4. The molecule has 5 nitrogen and oxygen atoms in total. The molecule has 24 heavy (non-hydrogen) atoms. The molecule has 0 atom stereocenters. The Labute approximate surface area is 144 Å². The fourth-order valence-electron chi connectivity index (χ4n) is 3.37. The van der Waals surface area contributed by atoms with Crippen molar-refractivity contribution in [3.05, 3.63) is 57.5 Å². The molecule has 0 saturated heterocycles. The van der Waals surface area contributed by atoms with E-state index in [1.54, 1.807) is 16.3 Å². The Bertz CT molecular complexity index is 930. The van der Waals surface area contributed by atoms with E-state index >= 15 is 0 Å². The van der Waals surface area contributed by atoms with Gasteiger partial charge in [0.2, 0.25) is 0 Å². The molecule has 6 heteroatoms. The van der Waals surface area contributed by atoms with E-state index in [0.717, 1.165) is 54.1 Å². The van der Waals surface area contributed by atoms with Crippen molar-refractivity contribution in [1.82, 2.24) is 19.2 Å². The summed E-state index contributed by atoms with van der Waals surface area (Å²) in [6, 6.07) is 10.2. The molecular formula is C18H20N4OS. The van der Waals surface area contributed by atoms with Gasteiger partial charge in [0.05, 0.1) is 12.2 Å². The first-order chi connectivity index (χ1) is 11.8.